The monoisotopic (exact) mass is 382 g/mol. The first kappa shape index (κ1) is 17.8. The topological polar surface area (TPSA) is 67.7 Å². The molecule has 2 N–H and O–H groups in total. The van der Waals surface area contributed by atoms with Crippen LogP contribution in [0.2, 0.25) is 5.02 Å². The van der Waals surface area contributed by atoms with Gasteiger partial charge in [-0.05, 0) is 31.0 Å². The Bertz CT molecular complexity index is 916. The van der Waals surface area contributed by atoms with Crippen molar-refractivity contribution in [2.24, 2.45) is 7.05 Å². The molecule has 1 aliphatic rings. The summed E-state index contributed by atoms with van der Waals surface area (Å²) in [7, 11) is 1.91. The maximum absolute atomic E-state index is 6.08. The quantitative estimate of drug-likeness (QED) is 0.648. The summed E-state index contributed by atoms with van der Waals surface area (Å²) in [6.07, 6.45) is 11.9. The van der Waals surface area contributed by atoms with Crippen LogP contribution >= 0.6 is 11.6 Å². The summed E-state index contributed by atoms with van der Waals surface area (Å²) in [5.74, 6) is 1.39. The van der Waals surface area contributed by atoms with Gasteiger partial charge in [-0.2, -0.15) is 10.1 Å². The molecule has 0 spiro atoms. The van der Waals surface area contributed by atoms with Crippen molar-refractivity contribution in [1.29, 1.82) is 0 Å². The van der Waals surface area contributed by atoms with Crippen LogP contribution in [0.1, 0.15) is 32.1 Å². The van der Waals surface area contributed by atoms with E-state index in [9.17, 15) is 0 Å². The Hall–Kier alpha value is -2.60. The zero-order chi connectivity index (χ0) is 18.6. The number of nitrogens with one attached hydrogen (secondary N) is 2. The van der Waals surface area contributed by atoms with Crippen molar-refractivity contribution in [1.82, 2.24) is 19.7 Å². The van der Waals surface area contributed by atoms with Gasteiger partial charge in [-0.25, -0.2) is 4.98 Å². The molecule has 2 aromatic heterocycles. The summed E-state index contributed by atoms with van der Waals surface area (Å²) in [5.41, 5.74) is 2.83. The van der Waals surface area contributed by atoms with E-state index < -0.39 is 0 Å². The Kier molecular flexibility index (Phi) is 5.25. The van der Waals surface area contributed by atoms with E-state index in [-0.39, 0.29) is 0 Å². The highest BCUT2D eigenvalue weighted by Crippen LogP contribution is 2.30. The highest BCUT2D eigenvalue weighted by atomic mass is 35.5. The number of benzene rings is 1. The van der Waals surface area contributed by atoms with Gasteiger partial charge >= 0.3 is 0 Å². The Morgan fingerprint density at radius 3 is 2.74 bits per heavy atom. The molecular formula is C20H23ClN6. The van der Waals surface area contributed by atoms with Crippen molar-refractivity contribution in [3.8, 4) is 11.1 Å². The van der Waals surface area contributed by atoms with Crippen LogP contribution in [-0.2, 0) is 7.05 Å². The van der Waals surface area contributed by atoms with Gasteiger partial charge in [0.05, 0.1) is 6.20 Å². The van der Waals surface area contributed by atoms with Crippen LogP contribution in [0.3, 0.4) is 0 Å². The fourth-order valence-electron chi connectivity index (χ4n) is 3.46. The van der Waals surface area contributed by atoms with E-state index >= 15 is 0 Å². The van der Waals surface area contributed by atoms with Gasteiger partial charge in [0.2, 0.25) is 5.95 Å². The van der Waals surface area contributed by atoms with Crippen molar-refractivity contribution in [2.75, 3.05) is 10.6 Å². The molecule has 27 heavy (non-hydrogen) atoms. The van der Waals surface area contributed by atoms with Gasteiger partial charge in [-0.3, -0.25) is 4.68 Å². The maximum Gasteiger partial charge on any atom is 0.229 e. The molecule has 0 unspecified atom stereocenters. The maximum atomic E-state index is 6.08. The Labute approximate surface area is 164 Å². The molecule has 4 rings (SSSR count). The van der Waals surface area contributed by atoms with Crippen molar-refractivity contribution < 1.29 is 0 Å². The van der Waals surface area contributed by atoms with E-state index in [2.05, 4.69) is 20.7 Å². The standard InChI is InChI=1S/C20H23ClN6/c1-27-13-14(11-23-27)18-12-22-20(25-17-9-5-6-15(21)10-17)26-19(18)24-16-7-3-2-4-8-16/h5-6,9-13,16H,2-4,7-8H2,1H3,(H2,22,24,25,26). The Balaban J connectivity index is 1.64. The van der Waals surface area contributed by atoms with Crippen molar-refractivity contribution in [3.63, 3.8) is 0 Å². The molecule has 3 aromatic rings. The number of hydrogen-bond donors (Lipinski definition) is 2. The van der Waals surface area contributed by atoms with Gasteiger partial charge in [-0.1, -0.05) is 36.9 Å². The number of aryl methyl sites for hydroxylation is 1. The van der Waals surface area contributed by atoms with Crippen LogP contribution in [0, 0.1) is 0 Å². The fraction of sp³-hybridized carbons (Fsp3) is 0.350. The number of anilines is 3. The average molecular weight is 383 g/mol. The van der Waals surface area contributed by atoms with Crippen LogP contribution in [0.5, 0.6) is 0 Å². The van der Waals surface area contributed by atoms with E-state index in [1.165, 1.54) is 32.1 Å². The third kappa shape index (κ3) is 4.39. The largest absolute Gasteiger partial charge is 0.367 e. The second-order valence-corrected chi connectivity index (χ2v) is 7.41. The normalized spacial score (nSPS) is 14.9. The molecule has 140 valence electrons. The highest BCUT2D eigenvalue weighted by molar-refractivity contribution is 6.30. The van der Waals surface area contributed by atoms with Gasteiger partial charge in [0, 0.05) is 47.3 Å². The number of rotatable bonds is 5. The number of halogens is 1. The fourth-order valence-corrected chi connectivity index (χ4v) is 3.65. The Morgan fingerprint density at radius 2 is 2.00 bits per heavy atom. The molecule has 0 saturated heterocycles. The van der Waals surface area contributed by atoms with E-state index in [0.717, 1.165) is 22.6 Å². The molecular weight excluding hydrogens is 360 g/mol. The molecule has 0 amide bonds. The smallest absolute Gasteiger partial charge is 0.229 e. The molecule has 0 aliphatic heterocycles. The minimum atomic E-state index is 0.447. The summed E-state index contributed by atoms with van der Waals surface area (Å²) in [4.78, 5) is 9.26. The second kappa shape index (κ2) is 7.96. The van der Waals surface area contributed by atoms with Crippen LogP contribution in [-0.4, -0.2) is 25.8 Å². The van der Waals surface area contributed by atoms with Crippen molar-refractivity contribution in [3.05, 3.63) is 47.9 Å². The molecule has 6 nitrogen and oxygen atoms in total. The van der Waals surface area contributed by atoms with E-state index in [4.69, 9.17) is 16.6 Å². The van der Waals surface area contributed by atoms with Crippen LogP contribution in [0.4, 0.5) is 17.5 Å². The predicted molar refractivity (Wildman–Crippen MR) is 109 cm³/mol. The first-order valence-electron chi connectivity index (χ1n) is 9.32. The van der Waals surface area contributed by atoms with Crippen LogP contribution < -0.4 is 10.6 Å². The third-order valence-electron chi connectivity index (χ3n) is 4.83. The van der Waals surface area contributed by atoms with E-state index in [1.807, 2.05) is 49.9 Å². The number of nitrogens with zero attached hydrogens (tertiary/aromatic N) is 4. The molecule has 1 aliphatic carbocycles. The summed E-state index contributed by atoms with van der Waals surface area (Å²) in [6.45, 7) is 0. The molecule has 7 heteroatoms. The van der Waals surface area contributed by atoms with Gasteiger partial charge in [0.1, 0.15) is 5.82 Å². The lowest BCUT2D eigenvalue weighted by molar-refractivity contribution is 0.462. The van der Waals surface area contributed by atoms with Gasteiger partial charge in [0.25, 0.3) is 0 Å². The highest BCUT2D eigenvalue weighted by Gasteiger charge is 2.18. The van der Waals surface area contributed by atoms with Crippen molar-refractivity contribution in [2.45, 2.75) is 38.1 Å². The first-order chi connectivity index (χ1) is 13.2. The molecule has 1 aromatic carbocycles. The molecule has 0 radical (unpaired) electrons. The lowest BCUT2D eigenvalue weighted by Gasteiger charge is -2.24. The molecule has 0 bridgehead atoms. The molecule has 1 saturated carbocycles. The minimum Gasteiger partial charge on any atom is -0.367 e. The minimum absolute atomic E-state index is 0.447. The summed E-state index contributed by atoms with van der Waals surface area (Å²) < 4.78 is 1.79. The summed E-state index contributed by atoms with van der Waals surface area (Å²) >= 11 is 6.08. The van der Waals surface area contributed by atoms with Crippen LogP contribution in [0.25, 0.3) is 11.1 Å². The second-order valence-electron chi connectivity index (χ2n) is 6.97. The van der Waals surface area contributed by atoms with E-state index in [0.29, 0.717) is 17.0 Å². The molecule has 0 atom stereocenters. The number of hydrogen-bond acceptors (Lipinski definition) is 5. The predicted octanol–water partition coefficient (Wildman–Crippen LogP) is 5.02. The molecule has 2 heterocycles. The summed E-state index contributed by atoms with van der Waals surface area (Å²) in [6, 6.07) is 7.99. The molecule has 1 fully saturated rings. The number of aromatic nitrogens is 4. The summed E-state index contributed by atoms with van der Waals surface area (Å²) in [5, 5.41) is 11.8. The van der Waals surface area contributed by atoms with E-state index in [1.54, 1.807) is 4.68 Å². The van der Waals surface area contributed by atoms with Gasteiger partial charge < -0.3 is 10.6 Å². The van der Waals surface area contributed by atoms with Crippen LogP contribution in [0.15, 0.2) is 42.9 Å². The zero-order valence-corrected chi connectivity index (χ0v) is 16.1. The third-order valence-corrected chi connectivity index (χ3v) is 5.07. The zero-order valence-electron chi connectivity index (χ0n) is 15.3. The average Bonchev–Trinajstić information content (AvgIpc) is 3.09. The Morgan fingerprint density at radius 1 is 1.15 bits per heavy atom. The lowest BCUT2D eigenvalue weighted by atomic mass is 9.95. The SMILES string of the molecule is Cn1cc(-c2cnc(Nc3cccc(Cl)c3)nc2NC2CCCCC2)cn1. The first-order valence-corrected chi connectivity index (χ1v) is 9.70. The van der Waals surface area contributed by atoms with Gasteiger partial charge in [-0.15, -0.1) is 0 Å². The lowest BCUT2D eigenvalue weighted by Crippen LogP contribution is -2.23. The van der Waals surface area contributed by atoms with Crippen molar-refractivity contribution >= 4 is 29.1 Å². The van der Waals surface area contributed by atoms with Gasteiger partial charge in [0.15, 0.2) is 0 Å².